The minimum atomic E-state index is 0.435. The molecule has 21 heavy (non-hydrogen) atoms. The van der Waals surface area contributed by atoms with Crippen LogP contribution in [0.2, 0.25) is 0 Å². The van der Waals surface area contributed by atoms with Gasteiger partial charge in [0.05, 0.1) is 6.61 Å². The van der Waals surface area contributed by atoms with Gasteiger partial charge < -0.3 is 10.1 Å². The van der Waals surface area contributed by atoms with E-state index in [1.54, 1.807) is 7.11 Å². The number of hydrogen-bond acceptors (Lipinski definition) is 3. The fourth-order valence-electron chi connectivity index (χ4n) is 2.75. The van der Waals surface area contributed by atoms with Crippen LogP contribution in [-0.2, 0) is 4.74 Å². The number of benzene rings is 1. The molecule has 0 aromatic heterocycles. The molecule has 1 aromatic rings. The van der Waals surface area contributed by atoms with Gasteiger partial charge in [-0.05, 0) is 24.3 Å². The number of nitrogens with zero attached hydrogens (tertiary/aromatic N) is 1. The van der Waals surface area contributed by atoms with Crippen molar-refractivity contribution < 1.29 is 4.74 Å². The van der Waals surface area contributed by atoms with Gasteiger partial charge in [-0.2, -0.15) is 0 Å². The van der Waals surface area contributed by atoms with Crippen LogP contribution in [0.4, 0.5) is 0 Å². The molecule has 0 radical (unpaired) electrons. The van der Waals surface area contributed by atoms with Crippen molar-refractivity contribution in [3.63, 3.8) is 0 Å². The molecule has 0 heterocycles. The van der Waals surface area contributed by atoms with Crippen LogP contribution in [0.25, 0.3) is 0 Å². The van der Waals surface area contributed by atoms with Crippen LogP contribution in [0.3, 0.4) is 0 Å². The fraction of sp³-hybridized carbons (Fsp3) is 0.667. The van der Waals surface area contributed by atoms with Gasteiger partial charge in [-0.3, -0.25) is 4.90 Å². The Balaban J connectivity index is 2.08. The van der Waals surface area contributed by atoms with E-state index in [2.05, 4.69) is 54.4 Å². The van der Waals surface area contributed by atoms with Crippen molar-refractivity contribution in [1.29, 1.82) is 0 Å². The molecule has 3 nitrogen and oxygen atoms in total. The summed E-state index contributed by atoms with van der Waals surface area (Å²) in [5.41, 5.74) is 1.41. The highest BCUT2D eigenvalue weighted by molar-refractivity contribution is 5.19. The molecule has 1 aromatic carbocycles. The zero-order valence-corrected chi connectivity index (χ0v) is 13.7. The Morgan fingerprint density at radius 2 is 1.95 bits per heavy atom. The predicted molar refractivity (Wildman–Crippen MR) is 88.5 cm³/mol. The van der Waals surface area contributed by atoms with E-state index in [0.29, 0.717) is 12.0 Å². The molecule has 1 aliphatic rings. The first-order chi connectivity index (χ1) is 10.2. The van der Waals surface area contributed by atoms with E-state index in [-0.39, 0.29) is 0 Å². The normalized spacial score (nSPS) is 16.6. The summed E-state index contributed by atoms with van der Waals surface area (Å²) in [6, 6.07) is 12.1. The first-order valence-electron chi connectivity index (χ1n) is 8.22. The zero-order chi connectivity index (χ0) is 15.1. The highest BCUT2D eigenvalue weighted by atomic mass is 16.5. The van der Waals surface area contributed by atoms with Crippen LogP contribution >= 0.6 is 0 Å². The maximum Gasteiger partial charge on any atom is 0.0589 e. The monoisotopic (exact) mass is 290 g/mol. The Morgan fingerprint density at radius 3 is 2.52 bits per heavy atom. The van der Waals surface area contributed by atoms with Crippen molar-refractivity contribution in [3.05, 3.63) is 35.9 Å². The van der Waals surface area contributed by atoms with E-state index in [9.17, 15) is 0 Å². The van der Waals surface area contributed by atoms with Gasteiger partial charge in [-0.25, -0.2) is 0 Å². The standard InChI is InChI=1S/C18H30N2O/c1-15(2)14-20(11-12-21-3)18(13-19-17-9-10-17)16-7-5-4-6-8-16/h4-8,15,17-19H,9-14H2,1-3H3. The van der Waals surface area contributed by atoms with Crippen molar-refractivity contribution in [2.24, 2.45) is 5.92 Å². The third-order valence-corrected chi connectivity index (χ3v) is 3.98. The molecule has 0 bridgehead atoms. The molecule has 0 amide bonds. The summed E-state index contributed by atoms with van der Waals surface area (Å²) in [6.07, 6.45) is 2.67. The molecule has 118 valence electrons. The molecule has 1 fully saturated rings. The predicted octanol–water partition coefficient (Wildman–Crippen LogP) is 3.08. The van der Waals surface area contributed by atoms with Crippen molar-refractivity contribution in [2.75, 3.05) is 33.4 Å². The summed E-state index contributed by atoms with van der Waals surface area (Å²) in [7, 11) is 1.79. The summed E-state index contributed by atoms with van der Waals surface area (Å²) in [5, 5.41) is 3.70. The Labute approximate surface area is 129 Å². The van der Waals surface area contributed by atoms with Crippen LogP contribution in [0.1, 0.15) is 38.3 Å². The van der Waals surface area contributed by atoms with E-state index in [0.717, 1.165) is 32.3 Å². The number of methoxy groups -OCH3 is 1. The molecule has 3 heteroatoms. The third-order valence-electron chi connectivity index (χ3n) is 3.98. The molecule has 1 saturated carbocycles. The summed E-state index contributed by atoms with van der Waals surface area (Å²) in [5.74, 6) is 0.661. The molecule has 0 spiro atoms. The lowest BCUT2D eigenvalue weighted by Crippen LogP contribution is -2.40. The molecular weight excluding hydrogens is 260 g/mol. The van der Waals surface area contributed by atoms with Gasteiger partial charge in [0.15, 0.2) is 0 Å². The number of rotatable bonds is 10. The highest BCUT2D eigenvalue weighted by Gasteiger charge is 2.25. The van der Waals surface area contributed by atoms with Gasteiger partial charge in [0.2, 0.25) is 0 Å². The molecule has 0 saturated heterocycles. The lowest BCUT2D eigenvalue weighted by molar-refractivity contribution is 0.108. The second-order valence-corrected chi connectivity index (χ2v) is 6.49. The lowest BCUT2D eigenvalue weighted by atomic mass is 10.0. The first-order valence-corrected chi connectivity index (χ1v) is 8.22. The minimum absolute atomic E-state index is 0.435. The Hall–Kier alpha value is -0.900. The van der Waals surface area contributed by atoms with Crippen molar-refractivity contribution in [2.45, 2.75) is 38.8 Å². The summed E-state index contributed by atoms with van der Waals surface area (Å²) < 4.78 is 5.32. The average Bonchev–Trinajstić information content (AvgIpc) is 3.29. The second-order valence-electron chi connectivity index (χ2n) is 6.49. The molecule has 2 rings (SSSR count). The van der Waals surface area contributed by atoms with Crippen molar-refractivity contribution >= 4 is 0 Å². The smallest absolute Gasteiger partial charge is 0.0589 e. The SMILES string of the molecule is COCCN(CC(C)C)C(CNC1CC1)c1ccccc1. The molecule has 1 aliphatic carbocycles. The third kappa shape index (κ3) is 5.77. The Kier molecular flexibility index (Phi) is 6.68. The molecule has 1 N–H and O–H groups in total. The topological polar surface area (TPSA) is 24.5 Å². The fourth-order valence-corrected chi connectivity index (χ4v) is 2.75. The first kappa shape index (κ1) is 16.5. The highest BCUT2D eigenvalue weighted by Crippen LogP contribution is 2.24. The van der Waals surface area contributed by atoms with E-state index in [4.69, 9.17) is 4.74 Å². The van der Waals surface area contributed by atoms with E-state index in [1.807, 2.05) is 0 Å². The van der Waals surface area contributed by atoms with Crippen molar-refractivity contribution in [1.82, 2.24) is 10.2 Å². The summed E-state index contributed by atoms with van der Waals surface area (Å²) in [6.45, 7) is 8.49. The quantitative estimate of drug-likeness (QED) is 0.716. The van der Waals surface area contributed by atoms with Crippen LogP contribution in [-0.4, -0.2) is 44.3 Å². The molecule has 1 atom stereocenters. The van der Waals surface area contributed by atoms with Crippen LogP contribution < -0.4 is 5.32 Å². The van der Waals surface area contributed by atoms with Crippen LogP contribution in [0.5, 0.6) is 0 Å². The van der Waals surface area contributed by atoms with Crippen LogP contribution in [0, 0.1) is 5.92 Å². The zero-order valence-electron chi connectivity index (χ0n) is 13.7. The van der Waals surface area contributed by atoms with E-state index in [1.165, 1.54) is 18.4 Å². The lowest BCUT2D eigenvalue weighted by Gasteiger charge is -2.33. The largest absolute Gasteiger partial charge is 0.383 e. The summed E-state index contributed by atoms with van der Waals surface area (Å²) >= 11 is 0. The van der Waals surface area contributed by atoms with Gasteiger partial charge in [0, 0.05) is 38.8 Å². The minimum Gasteiger partial charge on any atom is -0.383 e. The van der Waals surface area contributed by atoms with Crippen LogP contribution in [0.15, 0.2) is 30.3 Å². The molecule has 0 aliphatic heterocycles. The van der Waals surface area contributed by atoms with Gasteiger partial charge in [-0.15, -0.1) is 0 Å². The Morgan fingerprint density at radius 1 is 1.24 bits per heavy atom. The van der Waals surface area contributed by atoms with Gasteiger partial charge in [0.1, 0.15) is 0 Å². The molecular formula is C18H30N2O. The number of ether oxygens (including phenoxy) is 1. The van der Waals surface area contributed by atoms with Crippen molar-refractivity contribution in [3.8, 4) is 0 Å². The second kappa shape index (κ2) is 8.52. The molecule has 1 unspecified atom stereocenters. The Bertz CT molecular complexity index is 389. The maximum atomic E-state index is 5.32. The summed E-state index contributed by atoms with van der Waals surface area (Å²) in [4.78, 5) is 2.57. The van der Waals surface area contributed by atoms with E-state index < -0.39 is 0 Å². The van der Waals surface area contributed by atoms with Gasteiger partial charge >= 0.3 is 0 Å². The number of hydrogen-bond donors (Lipinski definition) is 1. The van der Waals surface area contributed by atoms with Gasteiger partial charge in [-0.1, -0.05) is 44.2 Å². The average molecular weight is 290 g/mol. The van der Waals surface area contributed by atoms with E-state index >= 15 is 0 Å². The number of nitrogens with one attached hydrogen (secondary N) is 1. The van der Waals surface area contributed by atoms with Gasteiger partial charge in [0.25, 0.3) is 0 Å². The maximum absolute atomic E-state index is 5.32.